The summed E-state index contributed by atoms with van der Waals surface area (Å²) in [4.78, 5) is 15.2. The maximum atomic E-state index is 12.8. The molecule has 2 aromatic heterocycles. The van der Waals surface area contributed by atoms with Gasteiger partial charge in [0, 0.05) is 24.0 Å². The zero-order valence-electron chi connectivity index (χ0n) is 14.6. The summed E-state index contributed by atoms with van der Waals surface area (Å²) in [6.45, 7) is 0. The highest BCUT2D eigenvalue weighted by atomic mass is 32.2. The summed E-state index contributed by atoms with van der Waals surface area (Å²) in [6.07, 6.45) is 6.80. The molecule has 27 heavy (non-hydrogen) atoms. The Morgan fingerprint density at radius 1 is 1.11 bits per heavy atom. The molecule has 138 valence electrons. The van der Waals surface area contributed by atoms with Gasteiger partial charge in [-0.15, -0.1) is 0 Å². The molecule has 0 aliphatic heterocycles. The van der Waals surface area contributed by atoms with Crippen molar-refractivity contribution >= 4 is 22.4 Å². The van der Waals surface area contributed by atoms with Gasteiger partial charge in [0.1, 0.15) is 0 Å². The predicted molar refractivity (Wildman–Crippen MR) is 104 cm³/mol. The first kappa shape index (κ1) is 18.6. The minimum Gasteiger partial charge on any atom is -0.481 e. The summed E-state index contributed by atoms with van der Waals surface area (Å²) >= 11 is 0. The molecule has 0 fully saturated rings. The van der Waals surface area contributed by atoms with Crippen LogP contribution in [0, 0.1) is 0 Å². The Balaban J connectivity index is 1.87. The molecule has 0 saturated carbocycles. The first-order valence-electron chi connectivity index (χ1n) is 8.16. The molecule has 0 saturated heterocycles. The lowest BCUT2D eigenvalue weighted by molar-refractivity contribution is 0.112. The number of aromatic nitrogens is 2. The number of methoxy groups -OCH3 is 1. The van der Waals surface area contributed by atoms with Gasteiger partial charge < -0.3 is 4.74 Å². The molecule has 0 aliphatic carbocycles. The van der Waals surface area contributed by atoms with E-state index in [2.05, 4.69) is 4.98 Å². The van der Waals surface area contributed by atoms with Crippen LogP contribution in [-0.4, -0.2) is 36.5 Å². The average Bonchev–Trinajstić information content (AvgIpc) is 3.15. The SMILES string of the molecule is COc1ccc(C=CCS(=O)(=O)n2cc(C=O)cc2-c2ccccc2)cn1. The second-order valence-corrected chi connectivity index (χ2v) is 7.64. The van der Waals surface area contributed by atoms with Crippen molar-refractivity contribution in [1.82, 2.24) is 8.96 Å². The molecule has 0 N–H and O–H groups in total. The van der Waals surface area contributed by atoms with Crippen molar-refractivity contribution in [3.63, 3.8) is 0 Å². The number of hydrogen-bond donors (Lipinski definition) is 0. The Hall–Kier alpha value is -3.19. The van der Waals surface area contributed by atoms with Crippen LogP contribution in [0.1, 0.15) is 15.9 Å². The van der Waals surface area contributed by atoms with Crippen molar-refractivity contribution in [2.75, 3.05) is 12.9 Å². The highest BCUT2D eigenvalue weighted by Crippen LogP contribution is 2.24. The number of benzene rings is 1. The molecule has 3 rings (SSSR count). The second kappa shape index (κ2) is 8.01. The lowest BCUT2D eigenvalue weighted by Crippen LogP contribution is -2.15. The van der Waals surface area contributed by atoms with Crippen LogP contribution in [0.15, 0.2) is 67.0 Å². The molecular weight excluding hydrogens is 364 g/mol. The normalized spacial score (nSPS) is 11.6. The van der Waals surface area contributed by atoms with Crippen molar-refractivity contribution in [2.24, 2.45) is 0 Å². The lowest BCUT2D eigenvalue weighted by Gasteiger charge is -2.09. The van der Waals surface area contributed by atoms with Gasteiger partial charge in [0.25, 0.3) is 0 Å². The van der Waals surface area contributed by atoms with Crippen LogP contribution in [0.4, 0.5) is 0 Å². The summed E-state index contributed by atoms with van der Waals surface area (Å²) in [5.41, 5.74) is 2.24. The first-order valence-corrected chi connectivity index (χ1v) is 9.77. The van der Waals surface area contributed by atoms with Crippen molar-refractivity contribution in [3.05, 3.63) is 78.1 Å². The molecule has 0 bridgehead atoms. The molecule has 0 unspecified atom stereocenters. The van der Waals surface area contributed by atoms with Gasteiger partial charge in [0.05, 0.1) is 18.6 Å². The Bertz CT molecular complexity index is 1050. The molecule has 0 radical (unpaired) electrons. The number of ether oxygens (including phenoxy) is 1. The van der Waals surface area contributed by atoms with Crippen LogP contribution in [-0.2, 0) is 10.0 Å². The van der Waals surface area contributed by atoms with Gasteiger partial charge >= 0.3 is 0 Å². The van der Waals surface area contributed by atoms with Crippen LogP contribution in [0.2, 0.25) is 0 Å². The Kier molecular flexibility index (Phi) is 5.52. The lowest BCUT2D eigenvalue weighted by atomic mass is 10.1. The maximum Gasteiger partial charge on any atom is 0.242 e. The number of pyridine rings is 1. The van der Waals surface area contributed by atoms with Gasteiger partial charge in [-0.1, -0.05) is 42.5 Å². The third-order valence-electron chi connectivity index (χ3n) is 3.90. The van der Waals surface area contributed by atoms with Crippen LogP contribution in [0.3, 0.4) is 0 Å². The minimum absolute atomic E-state index is 0.216. The van der Waals surface area contributed by atoms with Gasteiger partial charge in [0.2, 0.25) is 15.9 Å². The highest BCUT2D eigenvalue weighted by Gasteiger charge is 2.18. The van der Waals surface area contributed by atoms with E-state index >= 15 is 0 Å². The van der Waals surface area contributed by atoms with Gasteiger partial charge in [0.15, 0.2) is 6.29 Å². The van der Waals surface area contributed by atoms with Gasteiger partial charge in [-0.2, -0.15) is 0 Å². The summed E-state index contributed by atoms with van der Waals surface area (Å²) < 4.78 is 31.8. The fourth-order valence-electron chi connectivity index (χ4n) is 2.57. The highest BCUT2D eigenvalue weighted by molar-refractivity contribution is 7.90. The number of carbonyl (C=O) groups excluding carboxylic acids is 1. The van der Waals surface area contributed by atoms with Crippen LogP contribution >= 0.6 is 0 Å². The molecular formula is C20H18N2O4S. The average molecular weight is 382 g/mol. The predicted octanol–water partition coefficient (Wildman–Crippen LogP) is 3.26. The van der Waals surface area contributed by atoms with E-state index < -0.39 is 10.0 Å². The summed E-state index contributed by atoms with van der Waals surface area (Å²) in [5, 5.41) is 0. The molecule has 0 spiro atoms. The smallest absolute Gasteiger partial charge is 0.242 e. The Labute approximate surface area is 157 Å². The van der Waals surface area contributed by atoms with Crippen LogP contribution in [0.25, 0.3) is 17.3 Å². The zero-order valence-corrected chi connectivity index (χ0v) is 15.5. The largest absolute Gasteiger partial charge is 0.481 e. The van der Waals surface area contributed by atoms with E-state index in [1.165, 1.54) is 13.3 Å². The molecule has 2 heterocycles. The minimum atomic E-state index is -3.69. The van der Waals surface area contributed by atoms with Crippen molar-refractivity contribution < 1.29 is 17.9 Å². The van der Waals surface area contributed by atoms with Crippen LogP contribution < -0.4 is 4.74 Å². The van der Waals surface area contributed by atoms with E-state index in [0.717, 1.165) is 15.1 Å². The third kappa shape index (κ3) is 4.32. The fourth-order valence-corrected chi connectivity index (χ4v) is 3.82. The number of hydrogen-bond acceptors (Lipinski definition) is 5. The molecule has 0 amide bonds. The monoisotopic (exact) mass is 382 g/mol. The molecule has 6 nitrogen and oxygen atoms in total. The van der Waals surface area contributed by atoms with Crippen molar-refractivity contribution in [1.29, 1.82) is 0 Å². The zero-order chi connectivity index (χ0) is 19.3. The third-order valence-corrected chi connectivity index (χ3v) is 5.41. The van der Waals surface area contributed by atoms with E-state index in [-0.39, 0.29) is 5.75 Å². The van der Waals surface area contributed by atoms with E-state index in [1.807, 2.05) is 18.2 Å². The number of aldehydes is 1. The van der Waals surface area contributed by atoms with E-state index in [9.17, 15) is 13.2 Å². The molecule has 0 aliphatic rings. The quantitative estimate of drug-likeness (QED) is 0.586. The standard InChI is InChI=1S/C20H18N2O4S/c1-26-20-10-9-16(13-21-20)6-5-11-27(24,25)22-14-17(15-23)12-19(22)18-7-3-2-4-8-18/h2-10,12-15H,11H2,1H3. The topological polar surface area (TPSA) is 78.3 Å². The number of nitrogens with zero attached hydrogens (tertiary/aromatic N) is 2. The second-order valence-electron chi connectivity index (χ2n) is 5.75. The maximum absolute atomic E-state index is 12.8. The van der Waals surface area contributed by atoms with Crippen molar-refractivity contribution in [2.45, 2.75) is 0 Å². The Morgan fingerprint density at radius 3 is 2.52 bits per heavy atom. The Morgan fingerprint density at radius 2 is 1.89 bits per heavy atom. The summed E-state index contributed by atoms with van der Waals surface area (Å²) in [5.74, 6) is 0.271. The van der Waals surface area contributed by atoms with E-state index in [0.29, 0.717) is 23.4 Å². The van der Waals surface area contributed by atoms with E-state index in [1.54, 1.807) is 48.7 Å². The van der Waals surface area contributed by atoms with Gasteiger partial charge in [-0.25, -0.2) is 17.4 Å². The number of carbonyl (C=O) groups is 1. The summed E-state index contributed by atoms with van der Waals surface area (Å²) in [7, 11) is -2.16. The van der Waals surface area contributed by atoms with Crippen molar-refractivity contribution in [3.8, 4) is 17.1 Å². The molecule has 7 heteroatoms. The van der Waals surface area contributed by atoms with Gasteiger partial charge in [-0.05, 0) is 23.3 Å². The van der Waals surface area contributed by atoms with Crippen LogP contribution in [0.5, 0.6) is 5.88 Å². The first-order chi connectivity index (χ1) is 13.0. The summed E-state index contributed by atoms with van der Waals surface area (Å²) in [6, 6.07) is 14.1. The number of rotatable bonds is 7. The van der Waals surface area contributed by atoms with E-state index in [4.69, 9.17) is 4.74 Å². The van der Waals surface area contributed by atoms with Gasteiger partial charge in [-0.3, -0.25) is 4.79 Å². The molecule has 3 aromatic rings. The molecule has 0 atom stereocenters. The fraction of sp³-hybridized carbons (Fsp3) is 0.100. The molecule has 1 aromatic carbocycles.